The molecule has 2 aliphatic carbocycles. The van der Waals surface area contributed by atoms with Crippen LogP contribution in [-0.2, 0) is 6.42 Å². The Bertz CT molecular complexity index is 588. The molecule has 2 N–H and O–H groups in total. The van der Waals surface area contributed by atoms with Gasteiger partial charge in [0.15, 0.2) is 5.82 Å². The Labute approximate surface area is 105 Å². The molecule has 0 bridgehead atoms. The zero-order valence-electron chi connectivity index (χ0n) is 10.0. The summed E-state index contributed by atoms with van der Waals surface area (Å²) in [6.07, 6.45) is 3.38. The first kappa shape index (κ1) is 10.3. The Hall–Kier alpha value is -1.68. The average molecular weight is 241 g/mol. The zero-order valence-corrected chi connectivity index (χ0v) is 10.0. The third-order valence-corrected chi connectivity index (χ3v) is 4.04. The molecule has 2 aromatic rings. The van der Waals surface area contributed by atoms with Gasteiger partial charge in [-0.15, -0.1) is 0 Å². The summed E-state index contributed by atoms with van der Waals surface area (Å²) in [5.41, 5.74) is 8.78. The summed E-state index contributed by atoms with van der Waals surface area (Å²) in [7, 11) is 0. The lowest BCUT2D eigenvalue weighted by Gasteiger charge is -2.27. The fraction of sp³-hybridized carbons (Fsp3) is 0.429. The molecule has 1 aromatic heterocycles. The van der Waals surface area contributed by atoms with Gasteiger partial charge in [-0.1, -0.05) is 29.4 Å². The van der Waals surface area contributed by atoms with Gasteiger partial charge in [-0.05, 0) is 36.3 Å². The van der Waals surface area contributed by atoms with E-state index in [0.29, 0.717) is 17.7 Å². The van der Waals surface area contributed by atoms with Crippen LogP contribution in [0.1, 0.15) is 47.6 Å². The molecular weight excluding hydrogens is 226 g/mol. The maximum Gasteiger partial charge on any atom is 0.243 e. The van der Waals surface area contributed by atoms with Crippen molar-refractivity contribution in [3.8, 4) is 0 Å². The molecule has 0 radical (unpaired) electrons. The van der Waals surface area contributed by atoms with Crippen molar-refractivity contribution in [1.82, 2.24) is 10.1 Å². The Morgan fingerprint density at radius 2 is 2.11 bits per heavy atom. The summed E-state index contributed by atoms with van der Waals surface area (Å²) in [4.78, 5) is 4.49. The molecule has 2 atom stereocenters. The van der Waals surface area contributed by atoms with E-state index in [1.54, 1.807) is 0 Å². The molecule has 1 fully saturated rings. The summed E-state index contributed by atoms with van der Waals surface area (Å²) >= 11 is 0. The lowest BCUT2D eigenvalue weighted by atomic mass is 9.77. The molecule has 4 rings (SSSR count). The van der Waals surface area contributed by atoms with E-state index >= 15 is 0 Å². The molecule has 0 amide bonds. The number of aromatic nitrogens is 2. The van der Waals surface area contributed by atoms with E-state index in [1.807, 2.05) is 0 Å². The maximum absolute atomic E-state index is 6.07. The van der Waals surface area contributed by atoms with E-state index in [9.17, 15) is 0 Å². The standard InChI is InChI=1S/C14H15N3O/c15-12(8-5-6-8)14-16-13(17-18-14)11-7-9-3-1-2-4-10(9)11/h1-4,8,11-12H,5-7,15H2. The van der Waals surface area contributed by atoms with Gasteiger partial charge in [0.25, 0.3) is 0 Å². The SMILES string of the molecule is NC(c1nc(C2Cc3ccccc32)no1)C1CC1. The third kappa shape index (κ3) is 1.49. The summed E-state index contributed by atoms with van der Waals surface area (Å²) in [6, 6.07) is 8.35. The van der Waals surface area contributed by atoms with E-state index in [-0.39, 0.29) is 6.04 Å². The van der Waals surface area contributed by atoms with Gasteiger partial charge in [0, 0.05) is 0 Å². The second-order valence-electron chi connectivity index (χ2n) is 5.31. The second-order valence-corrected chi connectivity index (χ2v) is 5.31. The van der Waals surface area contributed by atoms with Crippen molar-refractivity contribution < 1.29 is 4.52 Å². The van der Waals surface area contributed by atoms with E-state index < -0.39 is 0 Å². The quantitative estimate of drug-likeness (QED) is 0.894. The van der Waals surface area contributed by atoms with Crippen LogP contribution in [0.5, 0.6) is 0 Å². The Morgan fingerprint density at radius 1 is 1.28 bits per heavy atom. The number of rotatable bonds is 3. The first-order valence-corrected chi connectivity index (χ1v) is 6.50. The minimum absolute atomic E-state index is 0.0680. The van der Waals surface area contributed by atoms with Crippen LogP contribution in [0.25, 0.3) is 0 Å². The van der Waals surface area contributed by atoms with Gasteiger partial charge in [0.05, 0.1) is 12.0 Å². The van der Waals surface area contributed by atoms with Crippen molar-refractivity contribution in [1.29, 1.82) is 0 Å². The highest BCUT2D eigenvalue weighted by Gasteiger charge is 2.35. The average Bonchev–Trinajstić information content (AvgIpc) is 3.10. The van der Waals surface area contributed by atoms with Gasteiger partial charge in [-0.3, -0.25) is 0 Å². The highest BCUT2D eigenvalue weighted by atomic mass is 16.5. The summed E-state index contributed by atoms with van der Waals surface area (Å²) < 4.78 is 5.31. The van der Waals surface area contributed by atoms with Crippen molar-refractivity contribution >= 4 is 0 Å². The van der Waals surface area contributed by atoms with Gasteiger partial charge in [-0.2, -0.15) is 4.98 Å². The van der Waals surface area contributed by atoms with E-state index in [4.69, 9.17) is 10.3 Å². The van der Waals surface area contributed by atoms with Crippen LogP contribution >= 0.6 is 0 Å². The number of nitrogens with two attached hydrogens (primary N) is 1. The monoisotopic (exact) mass is 241 g/mol. The summed E-state index contributed by atoms with van der Waals surface area (Å²) in [5.74, 6) is 2.24. The predicted molar refractivity (Wildman–Crippen MR) is 65.9 cm³/mol. The number of hydrogen-bond donors (Lipinski definition) is 1. The molecule has 92 valence electrons. The van der Waals surface area contributed by atoms with Crippen molar-refractivity contribution in [3.05, 3.63) is 47.1 Å². The molecule has 1 aromatic carbocycles. The molecular formula is C14H15N3O. The van der Waals surface area contributed by atoms with E-state index in [2.05, 4.69) is 34.4 Å². The van der Waals surface area contributed by atoms with Crippen LogP contribution in [0, 0.1) is 5.92 Å². The van der Waals surface area contributed by atoms with Crippen molar-refractivity contribution in [3.63, 3.8) is 0 Å². The minimum Gasteiger partial charge on any atom is -0.338 e. The van der Waals surface area contributed by atoms with Gasteiger partial charge in [-0.25, -0.2) is 0 Å². The predicted octanol–water partition coefficient (Wildman–Crippen LogP) is 2.17. The lowest BCUT2D eigenvalue weighted by Crippen LogP contribution is -2.19. The van der Waals surface area contributed by atoms with Crippen LogP contribution in [0.3, 0.4) is 0 Å². The van der Waals surface area contributed by atoms with Gasteiger partial charge >= 0.3 is 0 Å². The zero-order chi connectivity index (χ0) is 12.1. The molecule has 4 nitrogen and oxygen atoms in total. The van der Waals surface area contributed by atoms with Crippen molar-refractivity contribution in [2.24, 2.45) is 11.7 Å². The van der Waals surface area contributed by atoms with Crippen molar-refractivity contribution in [2.45, 2.75) is 31.2 Å². The number of fused-ring (bicyclic) bond motifs is 1. The minimum atomic E-state index is -0.0680. The number of benzene rings is 1. The van der Waals surface area contributed by atoms with Crippen LogP contribution < -0.4 is 5.73 Å². The fourth-order valence-corrected chi connectivity index (χ4v) is 2.67. The number of hydrogen-bond acceptors (Lipinski definition) is 4. The molecule has 0 aliphatic heterocycles. The maximum atomic E-state index is 6.07. The molecule has 0 saturated heterocycles. The molecule has 2 unspecified atom stereocenters. The summed E-state index contributed by atoms with van der Waals surface area (Å²) in [6.45, 7) is 0. The smallest absolute Gasteiger partial charge is 0.243 e. The molecule has 0 spiro atoms. The fourth-order valence-electron chi connectivity index (χ4n) is 2.67. The Morgan fingerprint density at radius 3 is 2.89 bits per heavy atom. The normalized spacial score (nSPS) is 23.3. The molecule has 1 saturated carbocycles. The van der Waals surface area contributed by atoms with Crippen LogP contribution in [0.15, 0.2) is 28.8 Å². The molecule has 18 heavy (non-hydrogen) atoms. The van der Waals surface area contributed by atoms with E-state index in [0.717, 1.165) is 12.2 Å². The molecule has 2 aliphatic rings. The number of nitrogens with zero attached hydrogens (tertiary/aromatic N) is 2. The summed E-state index contributed by atoms with van der Waals surface area (Å²) in [5, 5.41) is 4.10. The largest absolute Gasteiger partial charge is 0.338 e. The topological polar surface area (TPSA) is 64.9 Å². The first-order chi connectivity index (χ1) is 8.83. The van der Waals surface area contributed by atoms with Crippen LogP contribution in [0.2, 0.25) is 0 Å². The lowest BCUT2D eigenvalue weighted by molar-refractivity contribution is 0.338. The van der Waals surface area contributed by atoms with Crippen LogP contribution in [0.4, 0.5) is 0 Å². The van der Waals surface area contributed by atoms with Crippen molar-refractivity contribution in [2.75, 3.05) is 0 Å². The molecule has 4 heteroatoms. The Balaban J connectivity index is 1.60. The van der Waals surface area contributed by atoms with E-state index in [1.165, 1.54) is 24.0 Å². The highest BCUT2D eigenvalue weighted by molar-refractivity contribution is 5.43. The highest BCUT2D eigenvalue weighted by Crippen LogP contribution is 2.41. The third-order valence-electron chi connectivity index (χ3n) is 4.04. The van der Waals surface area contributed by atoms with Crippen LogP contribution in [-0.4, -0.2) is 10.1 Å². The van der Waals surface area contributed by atoms with Gasteiger partial charge < -0.3 is 10.3 Å². The second kappa shape index (κ2) is 3.65. The first-order valence-electron chi connectivity index (χ1n) is 6.50. The van der Waals surface area contributed by atoms with Gasteiger partial charge in [0.2, 0.25) is 5.89 Å². The van der Waals surface area contributed by atoms with Gasteiger partial charge in [0.1, 0.15) is 0 Å². The Kier molecular flexibility index (Phi) is 2.08. The molecule has 1 heterocycles.